The van der Waals surface area contributed by atoms with E-state index < -0.39 is 0 Å². The van der Waals surface area contributed by atoms with E-state index in [0.29, 0.717) is 34.7 Å². The molecule has 1 saturated carbocycles. The van der Waals surface area contributed by atoms with E-state index in [0.717, 1.165) is 12.2 Å². The van der Waals surface area contributed by atoms with Gasteiger partial charge in [0.1, 0.15) is 17.3 Å². The molecule has 1 aliphatic carbocycles. The highest BCUT2D eigenvalue weighted by molar-refractivity contribution is 6.06. The zero-order chi connectivity index (χ0) is 20.2. The lowest BCUT2D eigenvalue weighted by atomic mass is 10.2. The number of pyridine rings is 1. The highest BCUT2D eigenvalue weighted by atomic mass is 16.3. The topological polar surface area (TPSA) is 84.2 Å². The van der Waals surface area contributed by atoms with E-state index in [9.17, 15) is 9.59 Å². The SMILES string of the molecule is CC1CC1c1ccc(C=CC(=O)Nc2cccc(C(=O)Nc3ccccn3)c2)o1. The van der Waals surface area contributed by atoms with Crippen LogP contribution in [0.4, 0.5) is 11.5 Å². The fourth-order valence-corrected chi connectivity index (χ4v) is 3.08. The average molecular weight is 387 g/mol. The third kappa shape index (κ3) is 4.79. The molecule has 6 heteroatoms. The summed E-state index contributed by atoms with van der Waals surface area (Å²) in [5.74, 6) is 2.67. The van der Waals surface area contributed by atoms with Crippen molar-refractivity contribution in [3.63, 3.8) is 0 Å². The number of furan rings is 1. The van der Waals surface area contributed by atoms with E-state index in [1.54, 1.807) is 54.7 Å². The van der Waals surface area contributed by atoms with Gasteiger partial charge in [0.05, 0.1) is 0 Å². The van der Waals surface area contributed by atoms with Crippen LogP contribution < -0.4 is 10.6 Å². The molecule has 6 nitrogen and oxygen atoms in total. The molecular formula is C23H21N3O3. The van der Waals surface area contributed by atoms with Crippen molar-refractivity contribution in [3.8, 4) is 0 Å². The zero-order valence-corrected chi connectivity index (χ0v) is 16.0. The first kappa shape index (κ1) is 18.7. The number of rotatable bonds is 6. The van der Waals surface area contributed by atoms with Crippen LogP contribution in [0.5, 0.6) is 0 Å². The molecule has 1 aliphatic rings. The highest BCUT2D eigenvalue weighted by Gasteiger charge is 2.36. The number of hydrogen-bond donors (Lipinski definition) is 2. The zero-order valence-electron chi connectivity index (χ0n) is 16.0. The van der Waals surface area contributed by atoms with Gasteiger partial charge in [-0.15, -0.1) is 0 Å². The molecule has 1 aromatic carbocycles. The third-order valence-electron chi connectivity index (χ3n) is 4.82. The maximum absolute atomic E-state index is 12.4. The summed E-state index contributed by atoms with van der Waals surface area (Å²) in [6.07, 6.45) is 5.82. The van der Waals surface area contributed by atoms with E-state index >= 15 is 0 Å². The van der Waals surface area contributed by atoms with Crippen molar-refractivity contribution in [1.82, 2.24) is 4.98 Å². The number of aromatic nitrogens is 1. The maximum atomic E-state index is 12.4. The standard InChI is InChI=1S/C23H21N3O3/c1-15-13-19(15)20-10-8-18(29-20)9-11-22(27)25-17-6-4-5-16(14-17)23(28)26-21-7-2-3-12-24-21/h2-12,14-15,19H,13H2,1H3,(H,25,27)(H,24,26,28). The summed E-state index contributed by atoms with van der Waals surface area (Å²) >= 11 is 0. The van der Waals surface area contributed by atoms with Crippen molar-refractivity contribution in [1.29, 1.82) is 0 Å². The predicted molar refractivity (Wildman–Crippen MR) is 112 cm³/mol. The summed E-state index contributed by atoms with van der Waals surface area (Å²) in [5.41, 5.74) is 0.951. The molecule has 0 bridgehead atoms. The van der Waals surface area contributed by atoms with Gasteiger partial charge >= 0.3 is 0 Å². The molecule has 29 heavy (non-hydrogen) atoms. The molecule has 2 amide bonds. The van der Waals surface area contributed by atoms with Gasteiger partial charge in [-0.1, -0.05) is 19.1 Å². The number of carbonyl (C=O) groups excluding carboxylic acids is 2. The lowest BCUT2D eigenvalue weighted by Crippen LogP contribution is -2.14. The summed E-state index contributed by atoms with van der Waals surface area (Å²) in [6, 6.07) is 15.8. The number of amides is 2. The molecule has 1 fully saturated rings. The van der Waals surface area contributed by atoms with Gasteiger partial charge in [0, 0.05) is 29.4 Å². The molecule has 0 saturated heterocycles. The molecule has 2 heterocycles. The van der Waals surface area contributed by atoms with Crippen LogP contribution in [0.25, 0.3) is 6.08 Å². The van der Waals surface area contributed by atoms with Gasteiger partial charge < -0.3 is 15.1 Å². The molecule has 0 spiro atoms. The second-order valence-corrected chi connectivity index (χ2v) is 7.13. The first-order valence-corrected chi connectivity index (χ1v) is 9.50. The quantitative estimate of drug-likeness (QED) is 0.600. The molecule has 3 aromatic rings. The van der Waals surface area contributed by atoms with E-state index in [2.05, 4.69) is 22.5 Å². The minimum atomic E-state index is -0.301. The lowest BCUT2D eigenvalue weighted by Gasteiger charge is -2.07. The minimum Gasteiger partial charge on any atom is -0.461 e. The van der Waals surface area contributed by atoms with Gasteiger partial charge in [-0.05, 0) is 60.9 Å². The second kappa shape index (κ2) is 8.14. The van der Waals surface area contributed by atoms with Crippen molar-refractivity contribution in [3.05, 3.63) is 84.0 Å². The number of carbonyl (C=O) groups is 2. The van der Waals surface area contributed by atoms with Crippen LogP contribution in [0.2, 0.25) is 0 Å². The molecule has 4 rings (SSSR count). The summed E-state index contributed by atoms with van der Waals surface area (Å²) in [6.45, 7) is 2.20. The number of nitrogens with zero attached hydrogens (tertiary/aromatic N) is 1. The fraction of sp³-hybridized carbons (Fsp3) is 0.174. The van der Waals surface area contributed by atoms with Crippen molar-refractivity contribution in [2.75, 3.05) is 10.6 Å². The molecule has 2 unspecified atom stereocenters. The summed E-state index contributed by atoms with van der Waals surface area (Å²) < 4.78 is 5.76. The Balaban J connectivity index is 1.36. The Morgan fingerprint density at radius 3 is 2.72 bits per heavy atom. The summed E-state index contributed by atoms with van der Waals surface area (Å²) in [7, 11) is 0. The Kier molecular flexibility index (Phi) is 5.24. The van der Waals surface area contributed by atoms with Crippen LogP contribution in [0.3, 0.4) is 0 Å². The monoisotopic (exact) mass is 387 g/mol. The number of nitrogens with one attached hydrogen (secondary N) is 2. The van der Waals surface area contributed by atoms with Gasteiger partial charge in [-0.3, -0.25) is 9.59 Å². The normalized spacial score (nSPS) is 17.8. The van der Waals surface area contributed by atoms with Crippen LogP contribution in [0.1, 0.15) is 41.1 Å². The predicted octanol–water partition coefficient (Wildman–Crippen LogP) is 4.70. The van der Waals surface area contributed by atoms with Crippen LogP contribution >= 0.6 is 0 Å². The Labute approximate surface area is 168 Å². The Morgan fingerprint density at radius 2 is 1.97 bits per heavy atom. The van der Waals surface area contributed by atoms with Crippen LogP contribution in [0.15, 0.2) is 71.3 Å². The van der Waals surface area contributed by atoms with Gasteiger partial charge in [0.25, 0.3) is 5.91 Å². The Hall–Kier alpha value is -3.67. The van der Waals surface area contributed by atoms with E-state index in [1.807, 2.05) is 12.1 Å². The van der Waals surface area contributed by atoms with Gasteiger partial charge in [-0.25, -0.2) is 4.98 Å². The molecule has 2 atom stereocenters. The van der Waals surface area contributed by atoms with Crippen molar-refractivity contribution >= 4 is 29.4 Å². The van der Waals surface area contributed by atoms with E-state index in [4.69, 9.17) is 4.42 Å². The maximum Gasteiger partial charge on any atom is 0.256 e. The average Bonchev–Trinajstić information content (AvgIpc) is 3.27. The summed E-state index contributed by atoms with van der Waals surface area (Å²) in [4.78, 5) is 28.6. The Morgan fingerprint density at radius 1 is 1.10 bits per heavy atom. The van der Waals surface area contributed by atoms with Crippen molar-refractivity contribution in [2.45, 2.75) is 19.3 Å². The van der Waals surface area contributed by atoms with Crippen molar-refractivity contribution in [2.24, 2.45) is 5.92 Å². The molecular weight excluding hydrogens is 366 g/mol. The fourth-order valence-electron chi connectivity index (χ4n) is 3.08. The summed E-state index contributed by atoms with van der Waals surface area (Å²) in [5, 5.41) is 5.47. The largest absolute Gasteiger partial charge is 0.461 e. The molecule has 2 aromatic heterocycles. The van der Waals surface area contributed by atoms with Crippen molar-refractivity contribution < 1.29 is 14.0 Å². The smallest absolute Gasteiger partial charge is 0.256 e. The van der Waals surface area contributed by atoms with Gasteiger partial charge in [-0.2, -0.15) is 0 Å². The first-order chi connectivity index (χ1) is 14.1. The number of anilines is 2. The Bertz CT molecular complexity index is 1060. The minimum absolute atomic E-state index is 0.298. The molecule has 2 N–H and O–H groups in total. The molecule has 146 valence electrons. The van der Waals surface area contributed by atoms with E-state index in [1.165, 1.54) is 6.08 Å². The van der Waals surface area contributed by atoms with Crippen LogP contribution in [-0.2, 0) is 4.79 Å². The first-order valence-electron chi connectivity index (χ1n) is 9.50. The van der Waals surface area contributed by atoms with Gasteiger partial charge in [0.2, 0.25) is 5.91 Å². The molecule has 0 radical (unpaired) electrons. The van der Waals surface area contributed by atoms with Gasteiger partial charge in [0.15, 0.2) is 0 Å². The van der Waals surface area contributed by atoms with E-state index in [-0.39, 0.29) is 11.8 Å². The molecule has 0 aliphatic heterocycles. The third-order valence-corrected chi connectivity index (χ3v) is 4.82. The number of hydrogen-bond acceptors (Lipinski definition) is 4. The van der Waals surface area contributed by atoms with Crippen LogP contribution in [-0.4, -0.2) is 16.8 Å². The highest BCUT2D eigenvalue weighted by Crippen LogP contribution is 2.47. The number of benzene rings is 1. The van der Waals surface area contributed by atoms with Crippen LogP contribution in [0, 0.1) is 5.92 Å². The second-order valence-electron chi connectivity index (χ2n) is 7.13. The lowest BCUT2D eigenvalue weighted by molar-refractivity contribution is -0.111.